The maximum Gasteiger partial charge on any atom is 0.417 e. The van der Waals surface area contributed by atoms with Gasteiger partial charge in [0.25, 0.3) is 11.8 Å². The second-order valence-electron chi connectivity index (χ2n) is 7.18. The highest BCUT2D eigenvalue weighted by molar-refractivity contribution is 8.14. The number of amidine groups is 1. The molecule has 0 aromatic heterocycles. The first-order chi connectivity index (χ1) is 15.4. The Balaban J connectivity index is 2.01. The second kappa shape index (κ2) is 8.27. The number of hydrogen-bond acceptors (Lipinski definition) is 5. The number of carbonyl (C=O) groups is 2. The predicted octanol–water partition coefficient (Wildman–Crippen LogP) is 4.35. The van der Waals surface area contributed by atoms with Crippen molar-refractivity contribution in [3.8, 4) is 6.07 Å². The first-order valence-electron chi connectivity index (χ1n) is 9.70. The topological polar surface area (TPSA) is 85.6 Å². The maximum absolute atomic E-state index is 14.6. The van der Waals surface area contributed by atoms with E-state index >= 15 is 0 Å². The summed E-state index contributed by atoms with van der Waals surface area (Å²) in [7, 11) is -0.439. The van der Waals surface area contributed by atoms with Crippen LogP contribution in [0.4, 0.5) is 23.2 Å². The third-order valence-corrected chi connectivity index (χ3v) is 5.66. The van der Waals surface area contributed by atoms with Crippen molar-refractivity contribution in [2.75, 3.05) is 11.9 Å². The number of aliphatic imine (C=N–C) groups is 1. The Morgan fingerprint density at radius 1 is 1.28 bits per heavy atom. The fraction of sp³-hybridized carbons (Fsp3) is 0.238. The van der Waals surface area contributed by atoms with Gasteiger partial charge in [0.05, 0.1) is 22.8 Å². The summed E-state index contributed by atoms with van der Waals surface area (Å²) in [5.74, 6) is -2.28. The van der Waals surface area contributed by atoms with Gasteiger partial charge < -0.3 is 10.2 Å². The Labute approximate surface area is 186 Å². The molecule has 11 heteroatoms. The molecule has 0 saturated heterocycles. The first-order valence-corrected chi connectivity index (χ1v) is 9.81. The van der Waals surface area contributed by atoms with Gasteiger partial charge in [0, 0.05) is 19.0 Å². The van der Waals surface area contributed by atoms with Gasteiger partial charge in [0.2, 0.25) is 0 Å². The van der Waals surface area contributed by atoms with Gasteiger partial charge in [-0.15, -0.1) is 0 Å². The molecule has 0 atom stereocenters. The fourth-order valence-corrected chi connectivity index (χ4v) is 4.13. The van der Waals surface area contributed by atoms with E-state index in [9.17, 15) is 27.2 Å². The molecule has 0 fully saturated rings. The number of nitrogens with one attached hydrogen (secondary N) is 1. The lowest BCUT2D eigenvalue weighted by molar-refractivity contribution is -0.138. The van der Waals surface area contributed by atoms with Crippen molar-refractivity contribution in [2.45, 2.75) is 30.5 Å². The monoisotopic (exact) mass is 465 g/mol. The van der Waals surface area contributed by atoms with Crippen LogP contribution in [0.25, 0.3) is 0 Å². The number of amides is 2. The smallest absolute Gasteiger partial charge is 0.355 e. The summed E-state index contributed by atoms with van der Waals surface area (Å²) in [4.78, 5) is 29.7. The van der Waals surface area contributed by atoms with Crippen LogP contribution >= 0.6 is 11.8 Å². The summed E-state index contributed by atoms with van der Waals surface area (Å²) >= 11 is 0.753. The summed E-state index contributed by atoms with van der Waals surface area (Å²) < 4.78 is 61.6. The van der Waals surface area contributed by atoms with Crippen molar-refractivity contribution >= 4 is 34.4 Å². The van der Waals surface area contributed by atoms with Crippen LogP contribution < -0.4 is 10.2 Å². The molecule has 1 heterocycles. The lowest BCUT2D eigenvalue weighted by atomic mass is 10.0. The minimum atomic E-state index is -4.76. The molecule has 1 N–H and O–H groups in total. The van der Waals surface area contributed by atoms with Gasteiger partial charge in [-0.2, -0.15) is 23.4 Å². The molecule has 0 unspecified atom stereocenters. The molecule has 0 spiro atoms. The van der Waals surface area contributed by atoms with Gasteiger partial charge in [-0.3, -0.25) is 9.59 Å². The summed E-state index contributed by atoms with van der Waals surface area (Å²) in [5, 5.41) is 11.1. The van der Waals surface area contributed by atoms with Gasteiger partial charge in [-0.05, 0) is 50.2 Å². The van der Waals surface area contributed by atoms with Gasteiger partial charge in [0.1, 0.15) is 11.4 Å². The second-order valence-corrected chi connectivity index (χ2v) is 8.22. The standard InChI is InChI=1S/C21H16F4N4O2S/c1-20(2)18(31)28-19(29(20)12-5-7-14(16(22)8-12)17(30)27-3)32-13-6-4-11(10-26)15(9-13)21(23,24)25/h4-9H,1-3H3,(H,27,30)/i3D. The molecule has 0 aliphatic carbocycles. The predicted molar refractivity (Wildman–Crippen MR) is 111 cm³/mol. The third kappa shape index (κ3) is 4.18. The Bertz CT molecular complexity index is 1210. The van der Waals surface area contributed by atoms with Crippen LogP contribution in [0.2, 0.25) is 0 Å². The molecule has 2 aromatic rings. The molecule has 3 rings (SSSR count). The maximum atomic E-state index is 14.6. The van der Waals surface area contributed by atoms with Gasteiger partial charge in [-0.1, -0.05) is 11.8 Å². The zero-order chi connectivity index (χ0) is 24.6. The highest BCUT2D eigenvalue weighted by Crippen LogP contribution is 2.39. The van der Waals surface area contributed by atoms with Crippen molar-refractivity contribution in [1.29, 1.82) is 5.26 Å². The average molecular weight is 465 g/mol. The van der Waals surface area contributed by atoms with E-state index in [2.05, 4.69) is 10.3 Å². The largest absolute Gasteiger partial charge is 0.417 e. The molecule has 32 heavy (non-hydrogen) atoms. The van der Waals surface area contributed by atoms with Crippen LogP contribution in [0.3, 0.4) is 0 Å². The summed E-state index contributed by atoms with van der Waals surface area (Å²) in [5.41, 5.74) is -3.10. The van der Waals surface area contributed by atoms with E-state index in [-0.39, 0.29) is 21.3 Å². The van der Waals surface area contributed by atoms with Crippen LogP contribution in [0.1, 0.15) is 36.7 Å². The number of anilines is 1. The number of halogens is 4. The fourth-order valence-electron chi connectivity index (χ4n) is 3.06. The Kier molecular flexibility index (Phi) is 5.64. The van der Waals surface area contributed by atoms with E-state index in [0.717, 1.165) is 30.0 Å². The van der Waals surface area contributed by atoms with Gasteiger partial charge in [-0.25, -0.2) is 4.39 Å². The van der Waals surface area contributed by atoms with E-state index in [1.165, 1.54) is 43.0 Å². The van der Waals surface area contributed by atoms with Gasteiger partial charge >= 0.3 is 6.18 Å². The number of hydrogen-bond donors (Lipinski definition) is 1. The lowest BCUT2D eigenvalue weighted by Crippen LogP contribution is -2.46. The van der Waals surface area contributed by atoms with E-state index < -0.39 is 47.5 Å². The molecule has 1 aliphatic rings. The molecule has 0 radical (unpaired) electrons. The first kappa shape index (κ1) is 21.8. The number of nitriles is 1. The third-order valence-electron chi connectivity index (χ3n) is 4.71. The highest BCUT2D eigenvalue weighted by Gasteiger charge is 2.44. The van der Waals surface area contributed by atoms with Crippen LogP contribution in [-0.4, -0.2) is 29.5 Å². The summed E-state index contributed by atoms with van der Waals surface area (Å²) in [6.07, 6.45) is -4.76. The zero-order valence-electron chi connectivity index (χ0n) is 17.7. The lowest BCUT2D eigenvalue weighted by Gasteiger charge is -2.32. The molecular weight excluding hydrogens is 448 g/mol. The normalized spacial score (nSPS) is 15.8. The number of carbonyl (C=O) groups excluding carboxylic acids is 2. The zero-order valence-corrected chi connectivity index (χ0v) is 17.6. The molecule has 2 aromatic carbocycles. The summed E-state index contributed by atoms with van der Waals surface area (Å²) in [6, 6.07) is 8.17. The molecule has 0 saturated carbocycles. The number of rotatable bonds is 3. The van der Waals surface area contributed by atoms with Gasteiger partial charge in [0.15, 0.2) is 5.17 Å². The van der Waals surface area contributed by atoms with Crippen molar-refractivity contribution in [3.05, 3.63) is 58.9 Å². The van der Waals surface area contributed by atoms with Crippen LogP contribution in [0.15, 0.2) is 46.3 Å². The molecule has 0 bridgehead atoms. The van der Waals surface area contributed by atoms with Crippen molar-refractivity contribution in [3.63, 3.8) is 0 Å². The number of alkyl halides is 3. The number of benzene rings is 2. The minimum absolute atomic E-state index is 0.00518. The van der Waals surface area contributed by atoms with Crippen LogP contribution in [0, 0.1) is 17.1 Å². The number of thioether (sulfide) groups is 1. The Morgan fingerprint density at radius 2 is 2.00 bits per heavy atom. The van der Waals surface area contributed by atoms with Crippen LogP contribution in [-0.2, 0) is 11.0 Å². The Morgan fingerprint density at radius 3 is 2.59 bits per heavy atom. The van der Waals surface area contributed by atoms with E-state index in [4.69, 9.17) is 6.63 Å². The van der Waals surface area contributed by atoms with Crippen molar-refractivity contribution in [2.24, 2.45) is 4.99 Å². The molecule has 2 amide bonds. The van der Waals surface area contributed by atoms with E-state index in [1.54, 1.807) is 0 Å². The average Bonchev–Trinajstić information content (AvgIpc) is 2.95. The van der Waals surface area contributed by atoms with E-state index in [0.29, 0.717) is 0 Å². The van der Waals surface area contributed by atoms with E-state index in [1.807, 2.05) is 0 Å². The van der Waals surface area contributed by atoms with Crippen molar-refractivity contribution < 1.29 is 28.5 Å². The SMILES string of the molecule is [2H]CNC(=O)c1ccc(N2C(Sc3ccc(C#N)c(C(F)(F)F)c3)=NC(=O)C2(C)C)cc1F. The molecular formula is C21H16F4N4O2S. The molecule has 1 aliphatic heterocycles. The Hall–Kier alpha value is -3.39. The quantitative estimate of drug-likeness (QED) is 0.682. The molecule has 6 nitrogen and oxygen atoms in total. The summed E-state index contributed by atoms with van der Waals surface area (Å²) in [6.45, 7) is 3.04. The highest BCUT2D eigenvalue weighted by atomic mass is 32.2. The minimum Gasteiger partial charge on any atom is -0.355 e. The van der Waals surface area contributed by atoms with Crippen molar-refractivity contribution in [1.82, 2.24) is 5.32 Å². The van der Waals surface area contributed by atoms with Crippen LogP contribution in [0.5, 0.6) is 0 Å². The molecule has 166 valence electrons. The number of nitrogens with zero attached hydrogens (tertiary/aromatic N) is 3.